The summed E-state index contributed by atoms with van der Waals surface area (Å²) < 4.78 is 0. The maximum absolute atomic E-state index is 3.69. The van der Waals surface area contributed by atoms with Gasteiger partial charge in [0.15, 0.2) is 0 Å². The second-order valence-corrected chi connectivity index (χ2v) is 6.78. The van der Waals surface area contributed by atoms with Gasteiger partial charge in [0, 0.05) is 24.7 Å². The number of rotatable bonds is 5. The molecule has 3 atom stereocenters. The van der Waals surface area contributed by atoms with Crippen LogP contribution in [0.5, 0.6) is 0 Å². The zero-order chi connectivity index (χ0) is 15.4. The molecule has 2 rings (SSSR count). The van der Waals surface area contributed by atoms with Crippen LogP contribution in [-0.2, 0) is 0 Å². The van der Waals surface area contributed by atoms with Crippen LogP contribution in [-0.4, -0.2) is 30.1 Å². The molecule has 21 heavy (non-hydrogen) atoms. The Morgan fingerprint density at radius 1 is 1.14 bits per heavy atom. The third-order valence-electron chi connectivity index (χ3n) is 5.15. The molecule has 1 aromatic rings. The summed E-state index contributed by atoms with van der Waals surface area (Å²) in [5.41, 5.74) is 4.22. The van der Waals surface area contributed by atoms with Gasteiger partial charge >= 0.3 is 0 Å². The van der Waals surface area contributed by atoms with Gasteiger partial charge in [-0.25, -0.2) is 0 Å². The van der Waals surface area contributed by atoms with Crippen LogP contribution >= 0.6 is 0 Å². The van der Waals surface area contributed by atoms with Crippen LogP contribution in [0.25, 0.3) is 0 Å². The number of piperidine rings is 1. The Morgan fingerprint density at radius 2 is 1.81 bits per heavy atom. The first-order chi connectivity index (χ1) is 10.0. The van der Waals surface area contributed by atoms with E-state index in [1.807, 2.05) is 0 Å². The van der Waals surface area contributed by atoms with Crippen molar-refractivity contribution in [2.75, 3.05) is 13.1 Å². The Balaban J connectivity index is 2.16. The zero-order valence-corrected chi connectivity index (χ0v) is 14.4. The monoisotopic (exact) mass is 288 g/mol. The fourth-order valence-corrected chi connectivity index (χ4v) is 3.56. The highest BCUT2D eigenvalue weighted by Gasteiger charge is 2.27. The molecule has 1 heterocycles. The Hall–Kier alpha value is -0.860. The first-order valence-electron chi connectivity index (χ1n) is 8.59. The van der Waals surface area contributed by atoms with E-state index in [-0.39, 0.29) is 0 Å². The lowest BCUT2D eigenvalue weighted by atomic mass is 9.94. The van der Waals surface area contributed by atoms with E-state index in [1.54, 1.807) is 0 Å². The summed E-state index contributed by atoms with van der Waals surface area (Å²) in [6.07, 6.45) is 4.07. The standard InChI is InChI=1S/C19H32N2/c1-6-20-19(18-11-10-14(2)15(3)12-18)13-21-16(4)8-7-9-17(21)5/h10-12,16-17,19-20H,6-9,13H2,1-5H3. The molecule has 0 amide bonds. The minimum absolute atomic E-state index is 0.442. The van der Waals surface area contributed by atoms with Crippen molar-refractivity contribution in [3.8, 4) is 0 Å². The molecule has 0 radical (unpaired) electrons. The van der Waals surface area contributed by atoms with Crippen LogP contribution in [0.4, 0.5) is 0 Å². The molecule has 0 saturated carbocycles. The summed E-state index contributed by atoms with van der Waals surface area (Å²) in [5.74, 6) is 0. The van der Waals surface area contributed by atoms with Gasteiger partial charge in [-0.15, -0.1) is 0 Å². The molecule has 0 spiro atoms. The van der Waals surface area contributed by atoms with E-state index in [1.165, 1.54) is 36.0 Å². The highest BCUT2D eigenvalue weighted by molar-refractivity contribution is 5.32. The molecule has 118 valence electrons. The van der Waals surface area contributed by atoms with E-state index < -0.39 is 0 Å². The van der Waals surface area contributed by atoms with Gasteiger partial charge in [0.25, 0.3) is 0 Å². The smallest absolute Gasteiger partial charge is 0.0449 e. The minimum Gasteiger partial charge on any atom is -0.309 e. The topological polar surface area (TPSA) is 15.3 Å². The number of likely N-dealkylation sites (tertiary alicyclic amines) is 1. The average molecular weight is 288 g/mol. The quantitative estimate of drug-likeness (QED) is 0.873. The first-order valence-corrected chi connectivity index (χ1v) is 8.59. The summed E-state index contributed by atoms with van der Waals surface area (Å²) in [7, 11) is 0. The summed E-state index contributed by atoms with van der Waals surface area (Å²) >= 11 is 0. The average Bonchev–Trinajstić information content (AvgIpc) is 2.45. The molecule has 1 saturated heterocycles. The van der Waals surface area contributed by atoms with E-state index in [0.717, 1.165) is 13.1 Å². The lowest BCUT2D eigenvalue weighted by Gasteiger charge is -2.41. The van der Waals surface area contributed by atoms with Gasteiger partial charge in [-0.2, -0.15) is 0 Å². The van der Waals surface area contributed by atoms with Crippen molar-refractivity contribution in [3.05, 3.63) is 34.9 Å². The molecule has 0 bridgehead atoms. The SMILES string of the molecule is CCNC(CN1C(C)CCCC1C)c1ccc(C)c(C)c1. The summed E-state index contributed by atoms with van der Waals surface area (Å²) in [6, 6.07) is 8.79. The summed E-state index contributed by atoms with van der Waals surface area (Å²) in [4.78, 5) is 2.70. The number of benzene rings is 1. The molecule has 1 fully saturated rings. The van der Waals surface area contributed by atoms with Crippen molar-refractivity contribution in [2.45, 2.75) is 72.0 Å². The molecule has 1 aromatic carbocycles. The molecular weight excluding hydrogens is 256 g/mol. The van der Waals surface area contributed by atoms with Crippen molar-refractivity contribution in [3.63, 3.8) is 0 Å². The second kappa shape index (κ2) is 7.42. The molecule has 2 nitrogen and oxygen atoms in total. The Morgan fingerprint density at radius 3 is 2.38 bits per heavy atom. The molecule has 1 N–H and O–H groups in total. The number of hydrogen-bond donors (Lipinski definition) is 1. The van der Waals surface area contributed by atoms with Crippen molar-refractivity contribution in [2.24, 2.45) is 0 Å². The van der Waals surface area contributed by atoms with Crippen molar-refractivity contribution in [1.82, 2.24) is 10.2 Å². The number of nitrogens with zero attached hydrogens (tertiary/aromatic N) is 1. The summed E-state index contributed by atoms with van der Waals surface area (Å²) in [5, 5.41) is 3.69. The third-order valence-corrected chi connectivity index (χ3v) is 5.15. The van der Waals surface area contributed by atoms with Crippen LogP contribution in [0.2, 0.25) is 0 Å². The Bertz CT molecular complexity index is 445. The van der Waals surface area contributed by atoms with Crippen LogP contribution in [0.1, 0.15) is 62.8 Å². The molecule has 2 heteroatoms. The number of nitrogens with one attached hydrogen (secondary N) is 1. The lowest BCUT2D eigenvalue weighted by molar-refractivity contribution is 0.0911. The van der Waals surface area contributed by atoms with E-state index in [9.17, 15) is 0 Å². The lowest BCUT2D eigenvalue weighted by Crippen LogP contribution is -2.47. The zero-order valence-electron chi connectivity index (χ0n) is 14.4. The van der Waals surface area contributed by atoms with Crippen LogP contribution in [0, 0.1) is 13.8 Å². The number of aryl methyl sites for hydroxylation is 2. The highest BCUT2D eigenvalue weighted by atomic mass is 15.2. The van der Waals surface area contributed by atoms with Gasteiger partial charge in [0.2, 0.25) is 0 Å². The summed E-state index contributed by atoms with van der Waals surface area (Å²) in [6.45, 7) is 13.5. The minimum atomic E-state index is 0.442. The van der Waals surface area contributed by atoms with Crippen molar-refractivity contribution in [1.29, 1.82) is 0 Å². The number of likely N-dealkylation sites (N-methyl/N-ethyl adjacent to an activating group) is 1. The molecule has 3 unspecified atom stereocenters. The Labute approximate surface area is 130 Å². The van der Waals surface area contributed by atoms with Gasteiger partial charge in [0.1, 0.15) is 0 Å². The Kier molecular flexibility index (Phi) is 5.83. The second-order valence-electron chi connectivity index (χ2n) is 6.78. The van der Waals surface area contributed by atoms with Gasteiger partial charge in [-0.1, -0.05) is 31.5 Å². The van der Waals surface area contributed by atoms with E-state index in [0.29, 0.717) is 18.1 Å². The maximum atomic E-state index is 3.69. The third kappa shape index (κ3) is 4.08. The molecular formula is C19H32N2. The fraction of sp³-hybridized carbons (Fsp3) is 0.684. The van der Waals surface area contributed by atoms with Crippen molar-refractivity contribution >= 4 is 0 Å². The molecule has 1 aliphatic rings. The van der Waals surface area contributed by atoms with Crippen LogP contribution in [0.3, 0.4) is 0 Å². The van der Waals surface area contributed by atoms with E-state index in [2.05, 4.69) is 63.0 Å². The molecule has 0 aliphatic carbocycles. The van der Waals surface area contributed by atoms with Gasteiger partial charge in [-0.05, 0) is 63.8 Å². The van der Waals surface area contributed by atoms with E-state index >= 15 is 0 Å². The van der Waals surface area contributed by atoms with Gasteiger partial charge in [0.05, 0.1) is 0 Å². The highest BCUT2D eigenvalue weighted by Crippen LogP contribution is 2.26. The fourth-order valence-electron chi connectivity index (χ4n) is 3.56. The van der Waals surface area contributed by atoms with Gasteiger partial charge < -0.3 is 5.32 Å². The first kappa shape index (κ1) is 16.5. The predicted octanol–water partition coefficient (Wildman–Crippen LogP) is 4.22. The molecule has 1 aliphatic heterocycles. The van der Waals surface area contributed by atoms with Gasteiger partial charge in [-0.3, -0.25) is 4.90 Å². The van der Waals surface area contributed by atoms with Crippen LogP contribution in [0.15, 0.2) is 18.2 Å². The number of hydrogen-bond acceptors (Lipinski definition) is 2. The van der Waals surface area contributed by atoms with E-state index in [4.69, 9.17) is 0 Å². The molecule has 0 aromatic heterocycles. The maximum Gasteiger partial charge on any atom is 0.0449 e. The largest absolute Gasteiger partial charge is 0.309 e. The van der Waals surface area contributed by atoms with Crippen LogP contribution < -0.4 is 5.32 Å². The van der Waals surface area contributed by atoms with Crippen molar-refractivity contribution < 1.29 is 0 Å². The normalized spacial score (nSPS) is 25.0. The predicted molar refractivity (Wildman–Crippen MR) is 91.8 cm³/mol.